The van der Waals surface area contributed by atoms with Crippen molar-refractivity contribution in [2.75, 3.05) is 20.1 Å². The Hall–Kier alpha value is -1.39. The molecule has 1 atom stereocenters. The van der Waals surface area contributed by atoms with Crippen molar-refractivity contribution in [3.63, 3.8) is 0 Å². The molecule has 4 heteroatoms. The molecule has 2 rings (SSSR count). The fourth-order valence-electron chi connectivity index (χ4n) is 2.85. The number of rotatable bonds is 5. The number of amides is 1. The van der Waals surface area contributed by atoms with Crippen LogP contribution in [0.4, 0.5) is 0 Å². The molecule has 0 bridgehead atoms. The Morgan fingerprint density at radius 2 is 1.95 bits per heavy atom. The van der Waals surface area contributed by atoms with Gasteiger partial charge in [0.15, 0.2) is 0 Å². The van der Waals surface area contributed by atoms with Crippen LogP contribution in [0.1, 0.15) is 37.3 Å². The average molecular weight is 289 g/mol. The number of likely N-dealkylation sites (N-methyl/N-ethyl adjacent to an activating group) is 1. The van der Waals surface area contributed by atoms with Crippen LogP contribution >= 0.6 is 0 Å². The number of hydrogen-bond donors (Lipinski definition) is 1. The molecule has 4 nitrogen and oxygen atoms in total. The highest BCUT2D eigenvalue weighted by Gasteiger charge is 2.24. The van der Waals surface area contributed by atoms with Gasteiger partial charge in [-0.2, -0.15) is 0 Å². The molecule has 0 spiro atoms. The third-order valence-corrected chi connectivity index (χ3v) is 4.35. The lowest BCUT2D eigenvalue weighted by Gasteiger charge is -2.32. The Bertz CT molecular complexity index is 469. The number of benzene rings is 1. The Balaban J connectivity index is 1.94. The Labute approximate surface area is 127 Å². The Morgan fingerprint density at radius 1 is 1.29 bits per heavy atom. The molecular weight excluding hydrogens is 262 g/mol. The van der Waals surface area contributed by atoms with Gasteiger partial charge in [0.1, 0.15) is 0 Å². The Kier molecular flexibility index (Phi) is 5.76. The number of nitrogens with zero attached hydrogens (tertiary/aromatic N) is 2. The van der Waals surface area contributed by atoms with Crippen LogP contribution in [0, 0.1) is 0 Å². The van der Waals surface area contributed by atoms with Gasteiger partial charge in [-0.25, -0.2) is 0 Å². The van der Waals surface area contributed by atoms with E-state index >= 15 is 0 Å². The van der Waals surface area contributed by atoms with E-state index in [4.69, 9.17) is 5.73 Å². The van der Waals surface area contributed by atoms with Crippen LogP contribution in [0.15, 0.2) is 24.3 Å². The maximum absolute atomic E-state index is 12.5. The summed E-state index contributed by atoms with van der Waals surface area (Å²) < 4.78 is 0. The van der Waals surface area contributed by atoms with Gasteiger partial charge in [0, 0.05) is 26.2 Å². The molecular formula is C17H27N3O. The molecule has 1 amide bonds. The van der Waals surface area contributed by atoms with Crippen LogP contribution in [0.25, 0.3) is 0 Å². The largest absolute Gasteiger partial charge is 0.341 e. The first-order valence-electron chi connectivity index (χ1n) is 7.88. The number of hydrogen-bond acceptors (Lipinski definition) is 3. The summed E-state index contributed by atoms with van der Waals surface area (Å²) in [5, 5.41) is 0. The van der Waals surface area contributed by atoms with Gasteiger partial charge < -0.3 is 10.6 Å². The molecule has 1 heterocycles. The van der Waals surface area contributed by atoms with Crippen molar-refractivity contribution in [3.8, 4) is 0 Å². The van der Waals surface area contributed by atoms with Crippen molar-refractivity contribution in [1.29, 1.82) is 0 Å². The highest BCUT2D eigenvalue weighted by molar-refractivity contribution is 5.81. The van der Waals surface area contributed by atoms with Gasteiger partial charge in [-0.3, -0.25) is 9.69 Å². The molecule has 1 aliphatic rings. The average Bonchev–Trinajstić information content (AvgIpc) is 2.54. The summed E-state index contributed by atoms with van der Waals surface area (Å²) in [6.07, 6.45) is 3.53. The molecule has 0 radical (unpaired) electrons. The van der Waals surface area contributed by atoms with Gasteiger partial charge in [-0.05, 0) is 44.4 Å². The molecule has 1 unspecified atom stereocenters. The summed E-state index contributed by atoms with van der Waals surface area (Å²) in [5.41, 5.74) is 8.02. The van der Waals surface area contributed by atoms with Gasteiger partial charge in [0.05, 0.1) is 6.04 Å². The number of likely N-dealkylation sites (tertiary alicyclic amines) is 1. The van der Waals surface area contributed by atoms with E-state index in [1.54, 1.807) is 0 Å². The Morgan fingerprint density at radius 3 is 2.62 bits per heavy atom. The topological polar surface area (TPSA) is 49.6 Å². The number of carbonyl (C=O) groups is 1. The van der Waals surface area contributed by atoms with Crippen molar-refractivity contribution < 1.29 is 4.79 Å². The predicted octanol–water partition coefficient (Wildman–Crippen LogP) is 1.98. The van der Waals surface area contributed by atoms with E-state index in [2.05, 4.69) is 17.0 Å². The van der Waals surface area contributed by atoms with Gasteiger partial charge in [-0.1, -0.05) is 24.3 Å². The van der Waals surface area contributed by atoms with E-state index in [1.807, 2.05) is 31.0 Å². The molecule has 1 aliphatic heterocycles. The zero-order valence-electron chi connectivity index (χ0n) is 13.2. The van der Waals surface area contributed by atoms with Crippen LogP contribution in [0.2, 0.25) is 0 Å². The van der Waals surface area contributed by atoms with Crippen LogP contribution in [0.3, 0.4) is 0 Å². The second-order valence-electron chi connectivity index (χ2n) is 6.00. The number of nitrogens with two attached hydrogens (primary N) is 1. The smallest absolute Gasteiger partial charge is 0.239 e. The van der Waals surface area contributed by atoms with Crippen molar-refractivity contribution in [1.82, 2.24) is 9.80 Å². The lowest BCUT2D eigenvalue weighted by molar-refractivity contribution is -0.137. The SMILES string of the molecule is CC(C(=O)N1CCCCC1)N(C)Cc1cccc(CN)c1. The summed E-state index contributed by atoms with van der Waals surface area (Å²) in [4.78, 5) is 16.6. The first-order chi connectivity index (χ1) is 10.1. The van der Waals surface area contributed by atoms with Crippen molar-refractivity contribution in [2.24, 2.45) is 5.73 Å². The summed E-state index contributed by atoms with van der Waals surface area (Å²) in [6, 6.07) is 8.20. The summed E-state index contributed by atoms with van der Waals surface area (Å²) in [6.45, 7) is 5.16. The minimum atomic E-state index is -0.0790. The molecule has 0 saturated carbocycles. The van der Waals surface area contributed by atoms with Crippen LogP contribution in [0.5, 0.6) is 0 Å². The van der Waals surface area contributed by atoms with Gasteiger partial charge >= 0.3 is 0 Å². The molecule has 1 aromatic carbocycles. The molecule has 0 aliphatic carbocycles. The molecule has 1 aromatic rings. The molecule has 1 saturated heterocycles. The zero-order valence-corrected chi connectivity index (χ0v) is 13.2. The summed E-state index contributed by atoms with van der Waals surface area (Å²) in [7, 11) is 2.02. The molecule has 0 aromatic heterocycles. The van der Waals surface area contributed by atoms with Gasteiger partial charge in [0.2, 0.25) is 5.91 Å². The van der Waals surface area contributed by atoms with E-state index in [-0.39, 0.29) is 11.9 Å². The fourth-order valence-corrected chi connectivity index (χ4v) is 2.85. The van der Waals surface area contributed by atoms with E-state index in [1.165, 1.54) is 12.0 Å². The van der Waals surface area contributed by atoms with E-state index < -0.39 is 0 Å². The lowest BCUT2D eigenvalue weighted by atomic mass is 10.1. The van der Waals surface area contributed by atoms with Gasteiger partial charge in [-0.15, -0.1) is 0 Å². The summed E-state index contributed by atoms with van der Waals surface area (Å²) in [5.74, 6) is 0.257. The lowest BCUT2D eigenvalue weighted by Crippen LogP contribution is -2.47. The third kappa shape index (κ3) is 4.29. The number of carbonyl (C=O) groups excluding carboxylic acids is 1. The van der Waals surface area contributed by atoms with Crippen molar-refractivity contribution >= 4 is 5.91 Å². The molecule has 1 fully saturated rings. The minimum absolute atomic E-state index is 0.0790. The third-order valence-electron chi connectivity index (χ3n) is 4.35. The standard InChI is InChI=1S/C17H27N3O/c1-14(17(21)20-9-4-3-5-10-20)19(2)13-16-8-6-7-15(11-16)12-18/h6-8,11,14H,3-5,9-10,12-13,18H2,1-2H3. The molecule has 21 heavy (non-hydrogen) atoms. The molecule has 116 valence electrons. The van der Waals surface area contributed by atoms with Crippen LogP contribution in [-0.4, -0.2) is 41.9 Å². The molecule has 2 N–H and O–H groups in total. The second kappa shape index (κ2) is 7.57. The maximum atomic E-state index is 12.5. The summed E-state index contributed by atoms with van der Waals surface area (Å²) >= 11 is 0. The van der Waals surface area contributed by atoms with E-state index in [9.17, 15) is 4.79 Å². The van der Waals surface area contributed by atoms with Crippen LogP contribution < -0.4 is 5.73 Å². The highest BCUT2D eigenvalue weighted by atomic mass is 16.2. The number of piperidine rings is 1. The van der Waals surface area contributed by atoms with Gasteiger partial charge in [0.25, 0.3) is 0 Å². The highest BCUT2D eigenvalue weighted by Crippen LogP contribution is 2.14. The normalized spacial score (nSPS) is 17.0. The van der Waals surface area contributed by atoms with E-state index in [0.29, 0.717) is 6.54 Å². The fraction of sp³-hybridized carbons (Fsp3) is 0.588. The quantitative estimate of drug-likeness (QED) is 0.901. The first-order valence-corrected chi connectivity index (χ1v) is 7.88. The zero-order chi connectivity index (χ0) is 15.2. The maximum Gasteiger partial charge on any atom is 0.239 e. The van der Waals surface area contributed by atoms with Crippen LogP contribution in [-0.2, 0) is 17.9 Å². The minimum Gasteiger partial charge on any atom is -0.341 e. The van der Waals surface area contributed by atoms with Crippen molar-refractivity contribution in [2.45, 2.75) is 45.3 Å². The van der Waals surface area contributed by atoms with E-state index in [0.717, 1.165) is 38.0 Å². The van der Waals surface area contributed by atoms with Crippen molar-refractivity contribution in [3.05, 3.63) is 35.4 Å². The monoisotopic (exact) mass is 289 g/mol. The second-order valence-corrected chi connectivity index (χ2v) is 6.00. The first kappa shape index (κ1) is 16.0. The predicted molar refractivity (Wildman–Crippen MR) is 85.7 cm³/mol.